The first kappa shape index (κ1) is 18.8. The average molecular weight is 427 g/mol. The number of nitrogens with zero attached hydrogens (tertiary/aromatic N) is 4. The Morgan fingerprint density at radius 3 is 2.37 bits per heavy atom. The first-order valence-corrected chi connectivity index (χ1v) is 8.49. The lowest BCUT2D eigenvalue weighted by Gasteiger charge is -2.21. The highest BCUT2D eigenvalue weighted by atomic mass is 127. The molecule has 0 unspecified atom stereocenters. The van der Waals surface area contributed by atoms with Gasteiger partial charge in [-0.2, -0.15) is 5.01 Å². The molecule has 0 aromatic heterocycles. The van der Waals surface area contributed by atoms with E-state index < -0.39 is 16.1 Å². The Hall–Kier alpha value is -0.200. The van der Waals surface area contributed by atoms with E-state index in [-0.39, 0.29) is 24.7 Å². The lowest BCUT2D eigenvalue weighted by Crippen LogP contribution is -2.39. The summed E-state index contributed by atoms with van der Waals surface area (Å²) in [6, 6.07) is -0.689. The van der Waals surface area contributed by atoms with Gasteiger partial charge in [-0.1, -0.05) is 6.92 Å². The van der Waals surface area contributed by atoms with Gasteiger partial charge in [0.15, 0.2) is 0 Å². The number of hydrogen-bond donors (Lipinski definition) is 0. The lowest BCUT2D eigenvalue weighted by molar-refractivity contribution is 0.189. The molecule has 8 nitrogen and oxygen atoms in total. The van der Waals surface area contributed by atoms with Crippen LogP contribution in [0.1, 0.15) is 6.92 Å². The van der Waals surface area contributed by atoms with Gasteiger partial charge >= 0.3 is 6.03 Å². The van der Waals surface area contributed by atoms with Crippen LogP contribution in [0.2, 0.25) is 0 Å². The van der Waals surface area contributed by atoms with Crippen molar-refractivity contribution in [3.05, 3.63) is 4.91 Å². The minimum absolute atomic E-state index is 0.0228. The van der Waals surface area contributed by atoms with Crippen LogP contribution in [0.3, 0.4) is 0 Å². The number of hydrogen-bond acceptors (Lipinski definition) is 5. The number of amides is 2. The third kappa shape index (κ3) is 6.19. The van der Waals surface area contributed by atoms with Crippen LogP contribution in [0.15, 0.2) is 5.29 Å². The van der Waals surface area contributed by atoms with Crippen LogP contribution in [0.25, 0.3) is 0 Å². The van der Waals surface area contributed by atoms with Crippen molar-refractivity contribution >= 4 is 50.5 Å². The molecule has 0 atom stereocenters. The summed E-state index contributed by atoms with van der Waals surface area (Å²) in [5.41, 5.74) is 0. The fraction of sp³-hybridized carbons (Fsp3) is 0.875. The van der Waals surface area contributed by atoms with Crippen molar-refractivity contribution < 1.29 is 13.2 Å². The highest BCUT2D eigenvalue weighted by Crippen LogP contribution is 2.08. The molecule has 11 heteroatoms. The van der Waals surface area contributed by atoms with Crippen molar-refractivity contribution in [3.8, 4) is 0 Å². The fourth-order valence-electron chi connectivity index (χ4n) is 1.02. The van der Waals surface area contributed by atoms with Crippen molar-refractivity contribution in [2.75, 3.05) is 38.3 Å². The van der Waals surface area contributed by atoms with Crippen LogP contribution in [-0.2, 0) is 10.0 Å². The fourth-order valence-corrected chi connectivity index (χ4v) is 3.12. The number of halogens is 2. The van der Waals surface area contributed by atoms with E-state index in [0.717, 1.165) is 3.11 Å². The Balaban J connectivity index is 4.50. The number of carbonyl (C=O) groups excluding carboxylic acids is 1. The van der Waals surface area contributed by atoms with E-state index in [0.29, 0.717) is 11.6 Å². The molecule has 0 rings (SSSR count). The topological polar surface area (TPSA) is 90.4 Å². The Morgan fingerprint density at radius 1 is 1.37 bits per heavy atom. The molecule has 0 aliphatic rings. The van der Waals surface area contributed by atoms with Crippen molar-refractivity contribution in [2.45, 2.75) is 6.92 Å². The summed E-state index contributed by atoms with van der Waals surface area (Å²) >= 11 is 7.06. The van der Waals surface area contributed by atoms with Gasteiger partial charge in [0.25, 0.3) is 0 Å². The number of carbonyl (C=O) groups is 1. The van der Waals surface area contributed by atoms with Crippen molar-refractivity contribution in [3.63, 3.8) is 0 Å². The van der Waals surface area contributed by atoms with Gasteiger partial charge in [0.05, 0.1) is 40.4 Å². The van der Waals surface area contributed by atoms with E-state index in [9.17, 15) is 18.1 Å². The second-order valence-electron chi connectivity index (χ2n) is 3.49. The predicted molar refractivity (Wildman–Crippen MR) is 81.4 cm³/mol. The van der Waals surface area contributed by atoms with Gasteiger partial charge in [0.1, 0.15) is 0 Å². The molecule has 19 heavy (non-hydrogen) atoms. The van der Waals surface area contributed by atoms with Crippen LogP contribution in [0, 0.1) is 4.91 Å². The SMILES string of the molecule is CCN(C)S(=O)(=O)CCN(I)C(=O)N(CCCl)N=O. The Bertz CT molecular complexity index is 408. The Kier molecular flexibility index (Phi) is 8.78. The molecule has 0 saturated heterocycles. The molecule has 0 spiro atoms. The largest absolute Gasteiger partial charge is 0.351 e. The van der Waals surface area contributed by atoms with E-state index in [1.165, 1.54) is 11.4 Å². The molecule has 112 valence electrons. The Morgan fingerprint density at radius 2 is 1.95 bits per heavy atom. The summed E-state index contributed by atoms with van der Waals surface area (Å²) in [7, 11) is -1.94. The molecule has 0 saturated carbocycles. The molecular formula is C8H16ClIN4O4S. The van der Waals surface area contributed by atoms with E-state index in [4.69, 9.17) is 11.6 Å². The highest BCUT2D eigenvalue weighted by Gasteiger charge is 2.23. The molecule has 0 N–H and O–H groups in total. The Labute approximate surface area is 131 Å². The highest BCUT2D eigenvalue weighted by molar-refractivity contribution is 14.1. The molecule has 0 fully saturated rings. The molecule has 0 aliphatic heterocycles. The number of urea groups is 1. The van der Waals surface area contributed by atoms with Crippen molar-refractivity contribution in [1.82, 2.24) is 12.4 Å². The van der Waals surface area contributed by atoms with E-state index in [1.54, 1.807) is 29.8 Å². The predicted octanol–water partition coefficient (Wildman–Crippen LogP) is 1.26. The molecule has 0 aromatic carbocycles. The second kappa shape index (κ2) is 8.87. The molecule has 0 heterocycles. The molecule has 0 aliphatic carbocycles. The zero-order chi connectivity index (χ0) is 15.1. The minimum Gasteiger partial charge on any atom is -0.264 e. The second-order valence-corrected chi connectivity index (χ2v) is 7.23. The maximum Gasteiger partial charge on any atom is 0.351 e. The minimum atomic E-state index is -3.40. The van der Waals surface area contributed by atoms with Crippen LogP contribution < -0.4 is 0 Å². The quantitative estimate of drug-likeness (QED) is 0.192. The number of sulfonamides is 1. The molecule has 2 amide bonds. The monoisotopic (exact) mass is 426 g/mol. The molecule has 0 bridgehead atoms. The van der Waals surface area contributed by atoms with E-state index in [1.807, 2.05) is 0 Å². The maximum atomic E-state index is 11.7. The summed E-state index contributed by atoms with van der Waals surface area (Å²) in [6.07, 6.45) is 0. The van der Waals surface area contributed by atoms with Gasteiger partial charge < -0.3 is 0 Å². The summed E-state index contributed by atoms with van der Waals surface area (Å²) in [5, 5.41) is 3.19. The van der Waals surface area contributed by atoms with Gasteiger partial charge in [0.2, 0.25) is 10.0 Å². The van der Waals surface area contributed by atoms with Crippen LogP contribution in [-0.4, -0.2) is 65.2 Å². The maximum absolute atomic E-state index is 11.7. The standard InChI is InChI=1S/C8H16ClIN4O4S/c1-3-12(2)19(17,18)7-6-13(10)8(15)14(11-16)5-4-9/h3-7H2,1-2H3. The zero-order valence-electron chi connectivity index (χ0n) is 10.6. The molecule has 0 radical (unpaired) electrons. The van der Waals surface area contributed by atoms with Gasteiger partial charge in [-0.05, 0) is 0 Å². The first-order chi connectivity index (χ1) is 8.80. The van der Waals surface area contributed by atoms with E-state index >= 15 is 0 Å². The third-order valence-electron chi connectivity index (χ3n) is 2.29. The van der Waals surface area contributed by atoms with E-state index in [2.05, 4.69) is 5.29 Å². The zero-order valence-corrected chi connectivity index (χ0v) is 14.4. The number of alkyl halides is 1. The van der Waals surface area contributed by atoms with Gasteiger partial charge in [-0.3, -0.25) is 3.11 Å². The molecular weight excluding hydrogens is 411 g/mol. The van der Waals surface area contributed by atoms with Crippen molar-refractivity contribution in [1.29, 1.82) is 0 Å². The van der Waals surface area contributed by atoms with Crippen LogP contribution >= 0.6 is 34.5 Å². The van der Waals surface area contributed by atoms with Gasteiger partial charge in [-0.25, -0.2) is 17.5 Å². The van der Waals surface area contributed by atoms with Gasteiger partial charge in [-0.15, -0.1) is 16.5 Å². The van der Waals surface area contributed by atoms with Gasteiger partial charge in [0, 0.05) is 26.0 Å². The first-order valence-electron chi connectivity index (χ1n) is 5.38. The smallest absolute Gasteiger partial charge is 0.264 e. The molecule has 0 aromatic rings. The average Bonchev–Trinajstić information content (AvgIpc) is 2.40. The summed E-state index contributed by atoms with van der Waals surface area (Å²) < 4.78 is 25.7. The van der Waals surface area contributed by atoms with Crippen molar-refractivity contribution in [2.24, 2.45) is 5.29 Å². The summed E-state index contributed by atoms with van der Waals surface area (Å²) in [5.74, 6) is -0.154. The van der Waals surface area contributed by atoms with Crippen LogP contribution in [0.4, 0.5) is 4.79 Å². The lowest BCUT2D eigenvalue weighted by atomic mass is 10.6. The number of rotatable bonds is 8. The summed E-state index contributed by atoms with van der Waals surface area (Å²) in [4.78, 5) is 22.1. The summed E-state index contributed by atoms with van der Waals surface area (Å²) in [6.45, 7) is 2.00. The normalized spacial score (nSPS) is 11.4. The van der Waals surface area contributed by atoms with Crippen LogP contribution in [0.5, 0.6) is 0 Å². The number of nitroso groups, excluding NO2 is 1. The third-order valence-corrected chi connectivity index (χ3v) is 5.26.